The van der Waals surface area contributed by atoms with E-state index in [1.807, 2.05) is 24.3 Å². The minimum absolute atomic E-state index is 0.0964. The van der Waals surface area contributed by atoms with Gasteiger partial charge >= 0.3 is 5.97 Å². The highest BCUT2D eigenvalue weighted by Gasteiger charge is 2.27. The number of esters is 1. The second kappa shape index (κ2) is 8.86. The molecule has 0 amide bonds. The van der Waals surface area contributed by atoms with Crippen molar-refractivity contribution in [2.24, 2.45) is 0 Å². The van der Waals surface area contributed by atoms with E-state index < -0.39 is 16.0 Å². The topological polar surface area (TPSA) is 72.9 Å². The summed E-state index contributed by atoms with van der Waals surface area (Å²) in [6.07, 6.45) is 1.76. The fourth-order valence-electron chi connectivity index (χ4n) is 2.77. The Hall–Kier alpha value is -1.90. The Labute approximate surface area is 167 Å². The van der Waals surface area contributed by atoms with Gasteiger partial charge in [-0.15, -0.1) is 0 Å². The Morgan fingerprint density at radius 3 is 2.41 bits per heavy atom. The molecule has 27 heavy (non-hydrogen) atoms. The molecule has 0 N–H and O–H groups in total. The first-order valence-electron chi connectivity index (χ1n) is 8.62. The summed E-state index contributed by atoms with van der Waals surface area (Å²) < 4.78 is 38.0. The second-order valence-corrected chi connectivity index (χ2v) is 8.93. The van der Waals surface area contributed by atoms with Crippen LogP contribution in [0.5, 0.6) is 5.75 Å². The molecule has 0 saturated carbocycles. The van der Waals surface area contributed by atoms with Gasteiger partial charge in [-0.25, -0.2) is 13.2 Å². The lowest BCUT2D eigenvalue weighted by atomic mass is 10.2. The first kappa shape index (κ1) is 19.9. The van der Waals surface area contributed by atoms with Gasteiger partial charge in [0.25, 0.3) is 0 Å². The highest BCUT2D eigenvalue weighted by molar-refractivity contribution is 9.10. The van der Waals surface area contributed by atoms with Crippen molar-refractivity contribution < 1.29 is 22.7 Å². The van der Waals surface area contributed by atoms with Crippen LogP contribution in [0.2, 0.25) is 0 Å². The van der Waals surface area contributed by atoms with Crippen LogP contribution < -0.4 is 4.74 Å². The average Bonchev–Trinajstić information content (AvgIpc) is 3.21. The highest BCUT2D eigenvalue weighted by atomic mass is 79.9. The van der Waals surface area contributed by atoms with Gasteiger partial charge in [-0.3, -0.25) is 0 Å². The molecule has 0 radical (unpaired) electrons. The molecule has 1 heterocycles. The molecule has 0 aliphatic carbocycles. The van der Waals surface area contributed by atoms with E-state index in [2.05, 4.69) is 15.9 Å². The molecule has 0 bridgehead atoms. The number of carbonyl (C=O) groups is 1. The monoisotopic (exact) mass is 453 g/mol. The molecule has 8 heteroatoms. The van der Waals surface area contributed by atoms with Crippen molar-refractivity contribution in [1.82, 2.24) is 4.31 Å². The highest BCUT2D eigenvalue weighted by Crippen LogP contribution is 2.21. The molecular weight excluding hydrogens is 434 g/mol. The van der Waals surface area contributed by atoms with E-state index in [4.69, 9.17) is 9.47 Å². The van der Waals surface area contributed by atoms with Crippen LogP contribution in [-0.2, 0) is 14.8 Å². The summed E-state index contributed by atoms with van der Waals surface area (Å²) in [7, 11) is -3.48. The molecule has 2 aromatic carbocycles. The Kier molecular flexibility index (Phi) is 6.51. The summed E-state index contributed by atoms with van der Waals surface area (Å²) in [6, 6.07) is 13.2. The Balaban J connectivity index is 1.51. The number of carbonyl (C=O) groups excluding carboxylic acids is 1. The van der Waals surface area contributed by atoms with Gasteiger partial charge in [-0.2, -0.15) is 4.31 Å². The van der Waals surface area contributed by atoms with Crippen LogP contribution in [0.15, 0.2) is 57.9 Å². The van der Waals surface area contributed by atoms with Gasteiger partial charge < -0.3 is 9.47 Å². The van der Waals surface area contributed by atoms with Crippen molar-refractivity contribution in [3.8, 4) is 5.75 Å². The van der Waals surface area contributed by atoms with E-state index in [1.54, 1.807) is 0 Å². The summed E-state index contributed by atoms with van der Waals surface area (Å²) in [5.41, 5.74) is 0.304. The molecule has 0 spiro atoms. The van der Waals surface area contributed by atoms with Crippen LogP contribution in [0.25, 0.3) is 0 Å². The molecule has 1 aliphatic heterocycles. The summed E-state index contributed by atoms with van der Waals surface area (Å²) >= 11 is 3.35. The summed E-state index contributed by atoms with van der Waals surface area (Å²) in [6.45, 7) is 1.41. The molecule has 6 nitrogen and oxygen atoms in total. The van der Waals surface area contributed by atoms with Crippen LogP contribution in [0, 0.1) is 0 Å². The van der Waals surface area contributed by atoms with Crippen molar-refractivity contribution in [3.63, 3.8) is 0 Å². The molecule has 144 valence electrons. The lowest BCUT2D eigenvalue weighted by molar-refractivity contribution is 0.0450. The molecule has 2 aromatic rings. The van der Waals surface area contributed by atoms with Crippen molar-refractivity contribution in [3.05, 3.63) is 58.6 Å². The van der Waals surface area contributed by atoms with Gasteiger partial charge in [0.15, 0.2) is 0 Å². The predicted molar refractivity (Wildman–Crippen MR) is 104 cm³/mol. The fourth-order valence-corrected chi connectivity index (χ4v) is 4.67. The van der Waals surface area contributed by atoms with Gasteiger partial charge in [-0.1, -0.05) is 22.0 Å². The SMILES string of the molecule is O=C(OCCOc1cccc(Br)c1)c1ccc(S(=O)(=O)N2CCCC2)cc1. The van der Waals surface area contributed by atoms with E-state index in [0.717, 1.165) is 17.3 Å². The molecular formula is C19H20BrNO5S. The third-order valence-corrected chi connectivity index (χ3v) is 6.58. The largest absolute Gasteiger partial charge is 0.490 e. The standard InChI is InChI=1S/C19H20BrNO5S/c20-16-4-3-5-17(14-16)25-12-13-26-19(22)15-6-8-18(9-7-15)27(23,24)21-10-1-2-11-21/h3-9,14H,1-2,10-13H2. The lowest BCUT2D eigenvalue weighted by Gasteiger charge is -2.15. The minimum atomic E-state index is -3.48. The van der Waals surface area contributed by atoms with Crippen LogP contribution in [-0.4, -0.2) is 45.0 Å². The number of benzene rings is 2. The number of ether oxygens (including phenoxy) is 2. The number of rotatable bonds is 7. The average molecular weight is 454 g/mol. The van der Waals surface area contributed by atoms with Gasteiger partial charge in [0.2, 0.25) is 10.0 Å². The molecule has 3 rings (SSSR count). The Morgan fingerprint density at radius 2 is 1.74 bits per heavy atom. The van der Waals surface area contributed by atoms with Crippen molar-refractivity contribution in [1.29, 1.82) is 0 Å². The van der Waals surface area contributed by atoms with E-state index in [0.29, 0.717) is 24.4 Å². The maximum atomic E-state index is 12.5. The molecule has 0 aromatic heterocycles. The van der Waals surface area contributed by atoms with Gasteiger partial charge in [0.05, 0.1) is 10.5 Å². The van der Waals surface area contributed by atoms with Crippen LogP contribution in [0.1, 0.15) is 23.2 Å². The predicted octanol–water partition coefficient (Wildman–Crippen LogP) is 3.47. The summed E-state index contributed by atoms with van der Waals surface area (Å²) in [4.78, 5) is 12.3. The molecule has 1 fully saturated rings. The Bertz CT molecular complexity index is 893. The quantitative estimate of drug-likeness (QED) is 0.473. The summed E-state index contributed by atoms with van der Waals surface area (Å²) in [5.74, 6) is 0.162. The summed E-state index contributed by atoms with van der Waals surface area (Å²) in [5, 5.41) is 0. The van der Waals surface area contributed by atoms with Gasteiger partial charge in [0.1, 0.15) is 19.0 Å². The molecule has 0 unspecified atom stereocenters. The smallest absolute Gasteiger partial charge is 0.338 e. The molecule has 1 saturated heterocycles. The fraction of sp³-hybridized carbons (Fsp3) is 0.316. The zero-order chi connectivity index (χ0) is 19.3. The van der Waals surface area contributed by atoms with Gasteiger partial charge in [0, 0.05) is 17.6 Å². The number of hydrogen-bond acceptors (Lipinski definition) is 5. The normalized spacial score (nSPS) is 14.9. The molecule has 0 atom stereocenters. The lowest BCUT2D eigenvalue weighted by Crippen LogP contribution is -2.27. The zero-order valence-corrected chi connectivity index (χ0v) is 17.0. The van der Waals surface area contributed by atoms with E-state index in [9.17, 15) is 13.2 Å². The maximum Gasteiger partial charge on any atom is 0.338 e. The number of sulfonamides is 1. The number of nitrogens with zero attached hydrogens (tertiary/aromatic N) is 1. The van der Waals surface area contributed by atoms with E-state index in [1.165, 1.54) is 28.6 Å². The Morgan fingerprint density at radius 1 is 1.04 bits per heavy atom. The third kappa shape index (κ3) is 5.09. The van der Waals surface area contributed by atoms with E-state index >= 15 is 0 Å². The second-order valence-electron chi connectivity index (χ2n) is 6.08. The molecule has 1 aliphatic rings. The van der Waals surface area contributed by atoms with Crippen molar-refractivity contribution in [2.75, 3.05) is 26.3 Å². The van der Waals surface area contributed by atoms with Crippen molar-refractivity contribution in [2.45, 2.75) is 17.7 Å². The first-order valence-corrected chi connectivity index (χ1v) is 10.9. The van der Waals surface area contributed by atoms with Crippen LogP contribution in [0.3, 0.4) is 0 Å². The van der Waals surface area contributed by atoms with Crippen LogP contribution in [0.4, 0.5) is 0 Å². The maximum absolute atomic E-state index is 12.5. The zero-order valence-electron chi connectivity index (χ0n) is 14.6. The van der Waals surface area contributed by atoms with E-state index in [-0.39, 0.29) is 18.1 Å². The first-order chi connectivity index (χ1) is 13.0. The number of hydrogen-bond donors (Lipinski definition) is 0. The van der Waals surface area contributed by atoms with Crippen LogP contribution >= 0.6 is 15.9 Å². The number of halogens is 1. The van der Waals surface area contributed by atoms with Crippen molar-refractivity contribution >= 4 is 31.9 Å². The minimum Gasteiger partial charge on any atom is -0.490 e. The third-order valence-electron chi connectivity index (χ3n) is 4.17. The van der Waals surface area contributed by atoms with Gasteiger partial charge in [-0.05, 0) is 55.3 Å².